The van der Waals surface area contributed by atoms with Gasteiger partial charge in [-0.2, -0.15) is 0 Å². The molecule has 0 saturated carbocycles. The van der Waals surface area contributed by atoms with Crippen LogP contribution >= 0.6 is 11.8 Å². The first-order valence-electron chi connectivity index (χ1n) is 5.63. The maximum absolute atomic E-state index is 4.04. The largest absolute Gasteiger partial charge is 0.218 e. The third-order valence-corrected chi connectivity index (χ3v) is 3.41. The van der Waals surface area contributed by atoms with E-state index in [1.165, 1.54) is 11.1 Å². The molecule has 0 saturated heterocycles. The summed E-state index contributed by atoms with van der Waals surface area (Å²) in [6, 6.07) is 8.80. The quantitative estimate of drug-likeness (QED) is 0.780. The molecule has 0 amide bonds. The number of tetrazole rings is 1. The van der Waals surface area contributed by atoms with Crippen molar-refractivity contribution < 1.29 is 0 Å². The molecule has 0 N–H and O–H groups in total. The Bertz CT molecular complexity index is 493. The standard InChI is InChI=1S/C12H16N4S/c1-9(2)16-12(13-14-15-16)17-8-11-6-4-5-10(3)7-11/h4-7,9H,8H2,1-3H3. The lowest BCUT2D eigenvalue weighted by Gasteiger charge is -2.07. The molecule has 1 heterocycles. The lowest BCUT2D eigenvalue weighted by molar-refractivity contribution is 0.477. The molecule has 17 heavy (non-hydrogen) atoms. The zero-order valence-corrected chi connectivity index (χ0v) is 11.1. The Kier molecular flexibility index (Phi) is 3.78. The highest BCUT2D eigenvalue weighted by atomic mass is 32.2. The lowest BCUT2D eigenvalue weighted by Crippen LogP contribution is -2.04. The van der Waals surface area contributed by atoms with Crippen LogP contribution < -0.4 is 0 Å². The van der Waals surface area contributed by atoms with E-state index in [9.17, 15) is 0 Å². The first-order chi connectivity index (χ1) is 8.16. The summed E-state index contributed by atoms with van der Waals surface area (Å²) in [5.41, 5.74) is 2.58. The van der Waals surface area contributed by atoms with E-state index in [4.69, 9.17) is 0 Å². The molecule has 0 aliphatic carbocycles. The molecule has 0 atom stereocenters. The van der Waals surface area contributed by atoms with E-state index in [0.717, 1.165) is 10.9 Å². The smallest absolute Gasteiger partial charge is 0.209 e. The average Bonchev–Trinajstić information content (AvgIpc) is 2.74. The highest BCUT2D eigenvalue weighted by molar-refractivity contribution is 7.98. The Morgan fingerprint density at radius 1 is 1.35 bits per heavy atom. The van der Waals surface area contributed by atoms with Gasteiger partial charge in [0.1, 0.15) is 0 Å². The van der Waals surface area contributed by atoms with Crippen LogP contribution in [-0.2, 0) is 5.75 Å². The SMILES string of the molecule is Cc1cccc(CSc2nnnn2C(C)C)c1. The second-order valence-corrected chi connectivity index (χ2v) is 5.22. The molecule has 1 aromatic heterocycles. The first-order valence-corrected chi connectivity index (χ1v) is 6.61. The summed E-state index contributed by atoms with van der Waals surface area (Å²) in [6.45, 7) is 6.26. The Hall–Kier alpha value is -1.36. The molecule has 4 nitrogen and oxygen atoms in total. The van der Waals surface area contributed by atoms with Crippen LogP contribution in [0.5, 0.6) is 0 Å². The number of hydrogen-bond donors (Lipinski definition) is 0. The van der Waals surface area contributed by atoms with Gasteiger partial charge in [-0.1, -0.05) is 41.6 Å². The Morgan fingerprint density at radius 3 is 2.88 bits per heavy atom. The van der Waals surface area contributed by atoms with Crippen molar-refractivity contribution >= 4 is 11.8 Å². The molecule has 0 aliphatic rings. The minimum atomic E-state index is 0.296. The van der Waals surface area contributed by atoms with E-state index in [1.807, 2.05) is 4.68 Å². The van der Waals surface area contributed by atoms with E-state index >= 15 is 0 Å². The van der Waals surface area contributed by atoms with Crippen LogP contribution in [0.3, 0.4) is 0 Å². The van der Waals surface area contributed by atoms with Crippen LogP contribution in [0.2, 0.25) is 0 Å². The number of benzene rings is 1. The molecule has 0 bridgehead atoms. The van der Waals surface area contributed by atoms with Gasteiger partial charge in [-0.15, -0.1) is 5.10 Å². The summed E-state index contributed by atoms with van der Waals surface area (Å²) in [5, 5.41) is 12.6. The van der Waals surface area contributed by atoms with Gasteiger partial charge in [0.05, 0.1) is 6.04 Å². The number of rotatable bonds is 4. The van der Waals surface area contributed by atoms with Gasteiger partial charge in [-0.05, 0) is 36.8 Å². The molecule has 5 heteroatoms. The van der Waals surface area contributed by atoms with Gasteiger partial charge in [-0.3, -0.25) is 0 Å². The maximum Gasteiger partial charge on any atom is 0.209 e. The van der Waals surface area contributed by atoms with Crippen LogP contribution in [0.25, 0.3) is 0 Å². The van der Waals surface area contributed by atoms with Gasteiger partial charge in [0.25, 0.3) is 0 Å². The summed E-state index contributed by atoms with van der Waals surface area (Å²) in [7, 11) is 0. The average molecular weight is 248 g/mol. The second-order valence-electron chi connectivity index (χ2n) is 4.28. The highest BCUT2D eigenvalue weighted by Crippen LogP contribution is 2.22. The van der Waals surface area contributed by atoms with E-state index in [0.29, 0.717) is 6.04 Å². The minimum absolute atomic E-state index is 0.296. The number of hydrogen-bond acceptors (Lipinski definition) is 4. The molecule has 1 aromatic carbocycles. The van der Waals surface area contributed by atoms with Crippen molar-refractivity contribution in [2.75, 3.05) is 0 Å². The predicted molar refractivity (Wildman–Crippen MR) is 68.9 cm³/mol. The monoisotopic (exact) mass is 248 g/mol. The molecule has 0 radical (unpaired) electrons. The van der Waals surface area contributed by atoms with Crippen molar-refractivity contribution in [2.24, 2.45) is 0 Å². The zero-order valence-electron chi connectivity index (χ0n) is 10.3. The summed E-state index contributed by atoms with van der Waals surface area (Å²) in [4.78, 5) is 0. The third kappa shape index (κ3) is 3.06. The minimum Gasteiger partial charge on any atom is -0.218 e. The Morgan fingerprint density at radius 2 is 2.18 bits per heavy atom. The molecular weight excluding hydrogens is 232 g/mol. The van der Waals surface area contributed by atoms with Crippen molar-refractivity contribution in [3.05, 3.63) is 35.4 Å². The molecular formula is C12H16N4S. The molecule has 0 spiro atoms. The summed E-state index contributed by atoms with van der Waals surface area (Å²) < 4.78 is 1.85. The van der Waals surface area contributed by atoms with Gasteiger partial charge in [-0.25, -0.2) is 4.68 Å². The highest BCUT2D eigenvalue weighted by Gasteiger charge is 2.09. The first kappa shape index (κ1) is 12.1. The number of thioether (sulfide) groups is 1. The fourth-order valence-electron chi connectivity index (χ4n) is 1.55. The molecule has 0 aliphatic heterocycles. The summed E-state index contributed by atoms with van der Waals surface area (Å²) >= 11 is 1.67. The van der Waals surface area contributed by atoms with Crippen LogP contribution in [0.1, 0.15) is 31.0 Å². The van der Waals surface area contributed by atoms with Crippen molar-refractivity contribution in [3.8, 4) is 0 Å². The van der Waals surface area contributed by atoms with Crippen LogP contribution in [0, 0.1) is 6.92 Å². The van der Waals surface area contributed by atoms with E-state index in [-0.39, 0.29) is 0 Å². The van der Waals surface area contributed by atoms with E-state index in [2.05, 4.69) is 60.6 Å². The molecule has 2 aromatic rings. The van der Waals surface area contributed by atoms with Gasteiger partial charge in [0.2, 0.25) is 5.16 Å². The number of aryl methyl sites for hydroxylation is 1. The normalized spacial score (nSPS) is 11.1. The van der Waals surface area contributed by atoms with E-state index in [1.54, 1.807) is 11.8 Å². The van der Waals surface area contributed by atoms with Crippen molar-refractivity contribution in [2.45, 2.75) is 37.7 Å². The van der Waals surface area contributed by atoms with E-state index < -0.39 is 0 Å². The number of aromatic nitrogens is 4. The second kappa shape index (κ2) is 5.31. The van der Waals surface area contributed by atoms with Gasteiger partial charge in [0.15, 0.2) is 0 Å². The van der Waals surface area contributed by atoms with Gasteiger partial charge in [0, 0.05) is 5.75 Å². The van der Waals surface area contributed by atoms with Crippen molar-refractivity contribution in [1.82, 2.24) is 20.2 Å². The fourth-order valence-corrected chi connectivity index (χ4v) is 2.50. The Labute approximate surface area is 105 Å². The predicted octanol–water partition coefficient (Wildman–Crippen LogP) is 2.85. The summed E-state index contributed by atoms with van der Waals surface area (Å²) in [6.07, 6.45) is 0. The summed E-state index contributed by atoms with van der Waals surface area (Å²) in [5.74, 6) is 0.898. The molecule has 0 unspecified atom stereocenters. The fraction of sp³-hybridized carbons (Fsp3) is 0.417. The van der Waals surface area contributed by atoms with Crippen LogP contribution in [-0.4, -0.2) is 20.2 Å². The molecule has 0 fully saturated rings. The molecule has 2 rings (SSSR count). The molecule has 90 valence electrons. The lowest BCUT2D eigenvalue weighted by atomic mass is 10.2. The maximum atomic E-state index is 4.04. The van der Waals surface area contributed by atoms with Crippen LogP contribution in [0.4, 0.5) is 0 Å². The van der Waals surface area contributed by atoms with Crippen LogP contribution in [0.15, 0.2) is 29.4 Å². The van der Waals surface area contributed by atoms with Crippen molar-refractivity contribution in [3.63, 3.8) is 0 Å². The van der Waals surface area contributed by atoms with Gasteiger partial charge >= 0.3 is 0 Å². The van der Waals surface area contributed by atoms with Gasteiger partial charge < -0.3 is 0 Å². The topological polar surface area (TPSA) is 43.6 Å². The third-order valence-electron chi connectivity index (χ3n) is 2.40. The zero-order chi connectivity index (χ0) is 12.3. The van der Waals surface area contributed by atoms with Crippen molar-refractivity contribution in [1.29, 1.82) is 0 Å². The number of nitrogens with zero attached hydrogens (tertiary/aromatic N) is 4. The Balaban J connectivity index is 2.05.